The third kappa shape index (κ3) is 5.95. The number of carbonyl (C=O) groups excluding carboxylic acids is 3. The molecular weight excluding hydrogens is 470 g/mol. The van der Waals surface area contributed by atoms with Gasteiger partial charge in [0.05, 0.1) is 11.6 Å². The SMILES string of the molecule is C#Cc1ccc(C2(NC(=O)[C@@H]3C[C@@H](O)CN3C(=O)[C@@H](NC(=O)Oc3ccccc3)C(C)(C)C)CC2)cc1. The Morgan fingerprint density at radius 3 is 2.32 bits per heavy atom. The van der Waals surface area contributed by atoms with Crippen LogP contribution in [0.5, 0.6) is 5.75 Å². The highest BCUT2D eigenvalue weighted by molar-refractivity contribution is 5.93. The van der Waals surface area contributed by atoms with Crippen LogP contribution in [0.15, 0.2) is 54.6 Å². The molecular formula is C29H33N3O5. The third-order valence-corrected chi connectivity index (χ3v) is 6.91. The lowest BCUT2D eigenvalue weighted by molar-refractivity contribution is -0.142. The first-order valence-electron chi connectivity index (χ1n) is 12.4. The van der Waals surface area contributed by atoms with E-state index < -0.39 is 41.1 Å². The van der Waals surface area contributed by atoms with Crippen LogP contribution >= 0.6 is 0 Å². The van der Waals surface area contributed by atoms with Gasteiger partial charge in [-0.3, -0.25) is 9.59 Å². The number of likely N-dealkylation sites (tertiary alicyclic amines) is 1. The molecule has 1 saturated heterocycles. The largest absolute Gasteiger partial charge is 0.413 e. The van der Waals surface area contributed by atoms with Crippen molar-refractivity contribution in [3.63, 3.8) is 0 Å². The molecule has 1 aliphatic carbocycles. The van der Waals surface area contributed by atoms with Crippen LogP contribution in [0.3, 0.4) is 0 Å². The van der Waals surface area contributed by atoms with Crippen LogP contribution in [0.25, 0.3) is 0 Å². The van der Waals surface area contributed by atoms with Crippen molar-refractivity contribution >= 4 is 17.9 Å². The average molecular weight is 504 g/mol. The van der Waals surface area contributed by atoms with E-state index in [9.17, 15) is 19.5 Å². The second-order valence-corrected chi connectivity index (χ2v) is 10.8. The van der Waals surface area contributed by atoms with E-state index in [4.69, 9.17) is 11.2 Å². The molecule has 1 saturated carbocycles. The Hall–Kier alpha value is -3.83. The molecule has 3 N–H and O–H groups in total. The molecule has 0 aromatic heterocycles. The second-order valence-electron chi connectivity index (χ2n) is 10.8. The Morgan fingerprint density at radius 1 is 1.11 bits per heavy atom. The highest BCUT2D eigenvalue weighted by Crippen LogP contribution is 2.46. The van der Waals surface area contributed by atoms with E-state index in [0.717, 1.165) is 24.0 Å². The van der Waals surface area contributed by atoms with Crippen LogP contribution in [-0.4, -0.2) is 52.6 Å². The molecule has 2 aliphatic rings. The number of ether oxygens (including phenoxy) is 1. The number of benzene rings is 2. The van der Waals surface area contributed by atoms with Crippen molar-refractivity contribution in [2.75, 3.05) is 6.54 Å². The van der Waals surface area contributed by atoms with Gasteiger partial charge in [-0.2, -0.15) is 0 Å². The second kappa shape index (κ2) is 10.3. The van der Waals surface area contributed by atoms with Crippen molar-refractivity contribution in [2.24, 2.45) is 5.41 Å². The van der Waals surface area contributed by atoms with Crippen LogP contribution in [0.1, 0.15) is 51.2 Å². The number of nitrogens with one attached hydrogen (secondary N) is 2. The van der Waals surface area contributed by atoms with Crippen LogP contribution < -0.4 is 15.4 Å². The van der Waals surface area contributed by atoms with Crippen molar-refractivity contribution in [3.05, 3.63) is 65.7 Å². The molecule has 194 valence electrons. The van der Waals surface area contributed by atoms with Gasteiger partial charge in [0.25, 0.3) is 0 Å². The highest BCUT2D eigenvalue weighted by atomic mass is 16.6. The zero-order valence-corrected chi connectivity index (χ0v) is 21.4. The Bertz CT molecular complexity index is 1190. The van der Waals surface area contributed by atoms with E-state index in [0.29, 0.717) is 5.75 Å². The lowest BCUT2D eigenvalue weighted by Gasteiger charge is -2.35. The summed E-state index contributed by atoms with van der Waals surface area (Å²) >= 11 is 0. The fourth-order valence-electron chi connectivity index (χ4n) is 4.68. The number of amides is 3. The highest BCUT2D eigenvalue weighted by Gasteiger charge is 2.50. The number of rotatable bonds is 6. The lowest BCUT2D eigenvalue weighted by Crippen LogP contribution is -2.58. The van der Waals surface area contributed by atoms with Crippen molar-refractivity contribution in [1.29, 1.82) is 0 Å². The number of terminal acetylenes is 1. The first-order chi connectivity index (χ1) is 17.5. The summed E-state index contributed by atoms with van der Waals surface area (Å²) in [6, 6.07) is 14.2. The third-order valence-electron chi connectivity index (χ3n) is 6.91. The van der Waals surface area contributed by atoms with Gasteiger partial charge in [-0.05, 0) is 48.1 Å². The van der Waals surface area contributed by atoms with Gasteiger partial charge in [0.15, 0.2) is 0 Å². The van der Waals surface area contributed by atoms with Gasteiger partial charge in [0, 0.05) is 18.5 Å². The summed E-state index contributed by atoms with van der Waals surface area (Å²) in [4.78, 5) is 41.1. The molecule has 0 radical (unpaired) electrons. The minimum absolute atomic E-state index is 0.00276. The van der Waals surface area contributed by atoms with Crippen molar-refractivity contribution in [3.8, 4) is 18.1 Å². The molecule has 1 aliphatic heterocycles. The zero-order valence-electron chi connectivity index (χ0n) is 21.4. The van der Waals surface area contributed by atoms with Gasteiger partial charge in [-0.25, -0.2) is 4.79 Å². The summed E-state index contributed by atoms with van der Waals surface area (Å²) in [5.41, 5.74) is 0.521. The van der Waals surface area contributed by atoms with E-state index in [-0.39, 0.29) is 18.9 Å². The van der Waals surface area contributed by atoms with E-state index in [1.54, 1.807) is 30.3 Å². The van der Waals surface area contributed by atoms with Crippen LogP contribution in [0.4, 0.5) is 4.79 Å². The minimum atomic E-state index is -0.976. The van der Waals surface area contributed by atoms with Gasteiger partial charge in [-0.1, -0.05) is 57.0 Å². The van der Waals surface area contributed by atoms with Gasteiger partial charge in [0.2, 0.25) is 11.8 Å². The molecule has 8 heteroatoms. The van der Waals surface area contributed by atoms with Crippen molar-refractivity contribution < 1.29 is 24.2 Å². The van der Waals surface area contributed by atoms with Gasteiger partial charge in [0.1, 0.15) is 17.8 Å². The van der Waals surface area contributed by atoms with Crippen LogP contribution in [0, 0.1) is 17.8 Å². The van der Waals surface area contributed by atoms with Crippen LogP contribution in [0.2, 0.25) is 0 Å². The predicted molar refractivity (Wildman–Crippen MR) is 138 cm³/mol. The summed E-state index contributed by atoms with van der Waals surface area (Å²) in [5, 5.41) is 16.2. The molecule has 2 aromatic carbocycles. The zero-order chi connectivity index (χ0) is 26.8. The number of hydrogen-bond donors (Lipinski definition) is 3. The summed E-state index contributed by atoms with van der Waals surface area (Å²) in [6.07, 6.45) is 5.50. The number of hydrogen-bond acceptors (Lipinski definition) is 5. The molecule has 2 aromatic rings. The molecule has 0 spiro atoms. The number of aliphatic hydroxyl groups excluding tert-OH is 1. The molecule has 0 unspecified atom stereocenters. The maximum Gasteiger partial charge on any atom is 0.413 e. The number of carbonyl (C=O) groups is 3. The Kier molecular flexibility index (Phi) is 7.28. The lowest BCUT2D eigenvalue weighted by atomic mass is 9.85. The average Bonchev–Trinajstić information content (AvgIpc) is 3.53. The fourth-order valence-corrected chi connectivity index (χ4v) is 4.68. The molecule has 2 fully saturated rings. The summed E-state index contributed by atoms with van der Waals surface area (Å²) in [5.74, 6) is 2.15. The number of aliphatic hydroxyl groups is 1. The van der Waals surface area contributed by atoms with E-state index >= 15 is 0 Å². The maximum absolute atomic E-state index is 13.7. The Labute approximate surface area is 217 Å². The number of β-amino-alcohol motifs (C(OH)–C–C–N with tert-alkyl or cyclic N) is 1. The Balaban J connectivity index is 1.48. The van der Waals surface area contributed by atoms with E-state index in [1.807, 2.05) is 45.0 Å². The summed E-state index contributed by atoms with van der Waals surface area (Å²) in [7, 11) is 0. The fraction of sp³-hybridized carbons (Fsp3) is 0.414. The monoisotopic (exact) mass is 503 g/mol. The normalized spacial score (nSPS) is 20.9. The maximum atomic E-state index is 13.7. The van der Waals surface area contributed by atoms with Gasteiger partial charge < -0.3 is 25.4 Å². The summed E-state index contributed by atoms with van der Waals surface area (Å²) < 4.78 is 5.33. The van der Waals surface area contributed by atoms with Crippen molar-refractivity contribution in [1.82, 2.24) is 15.5 Å². The molecule has 3 amide bonds. The predicted octanol–water partition coefficient (Wildman–Crippen LogP) is 2.94. The molecule has 0 bridgehead atoms. The summed E-state index contributed by atoms with van der Waals surface area (Å²) in [6.45, 7) is 5.46. The van der Waals surface area contributed by atoms with Gasteiger partial charge in [-0.15, -0.1) is 6.42 Å². The molecule has 1 heterocycles. The standard InChI is InChI=1S/C29H33N3O5/c1-5-19-11-13-20(14-12-19)29(15-16-29)31-25(34)23-17-21(33)18-32(23)26(35)24(28(2,3)4)30-27(36)37-22-9-7-6-8-10-22/h1,6-14,21,23-24,33H,15-18H2,2-4H3,(H,30,36)(H,31,34)/t21-,23+,24-/m1/s1. The van der Waals surface area contributed by atoms with E-state index in [1.165, 1.54) is 4.90 Å². The molecule has 37 heavy (non-hydrogen) atoms. The van der Waals surface area contributed by atoms with Crippen LogP contribution in [-0.2, 0) is 15.1 Å². The molecule has 8 nitrogen and oxygen atoms in total. The molecule has 3 atom stereocenters. The van der Waals surface area contributed by atoms with Crippen molar-refractivity contribution in [2.45, 2.75) is 63.8 Å². The minimum Gasteiger partial charge on any atom is -0.410 e. The topological polar surface area (TPSA) is 108 Å². The first kappa shape index (κ1) is 26.2. The van der Waals surface area contributed by atoms with Gasteiger partial charge >= 0.3 is 6.09 Å². The number of para-hydroxylation sites is 1. The first-order valence-corrected chi connectivity index (χ1v) is 12.4. The smallest absolute Gasteiger partial charge is 0.410 e. The quantitative estimate of drug-likeness (QED) is 0.526. The molecule has 4 rings (SSSR count). The number of nitrogens with zero attached hydrogens (tertiary/aromatic N) is 1. The van der Waals surface area contributed by atoms with E-state index in [2.05, 4.69) is 16.6 Å². The Morgan fingerprint density at radius 2 is 1.76 bits per heavy atom.